The largest absolute Gasteiger partial charge is 0.492 e. The lowest BCUT2D eigenvalue weighted by Gasteiger charge is -2.24. The molecular weight excluding hydrogens is 290 g/mol. The van der Waals surface area contributed by atoms with Crippen LogP contribution in [0.3, 0.4) is 0 Å². The van der Waals surface area contributed by atoms with Crippen LogP contribution in [0.4, 0.5) is 0 Å². The Morgan fingerprint density at radius 1 is 1.22 bits per heavy atom. The zero-order valence-corrected chi connectivity index (χ0v) is 12.6. The number of para-hydroxylation sites is 3. The van der Waals surface area contributed by atoms with Crippen molar-refractivity contribution in [3.63, 3.8) is 0 Å². The SMILES string of the molecule is O=C(NCc1nc2ccccc2[nH]1)C1COc2ccccc2C1. The first-order valence-electron chi connectivity index (χ1n) is 7.71. The summed E-state index contributed by atoms with van der Waals surface area (Å²) in [6.45, 7) is 0.814. The standard InChI is InChI=1S/C18H17N3O2/c22-18(13-9-12-5-1-4-8-16(12)23-11-13)19-10-17-20-14-6-2-3-7-15(14)21-17/h1-8,13H,9-11H2,(H,19,22)(H,20,21). The van der Waals surface area contributed by atoms with Crippen LogP contribution in [0.25, 0.3) is 11.0 Å². The molecule has 1 aliphatic rings. The van der Waals surface area contributed by atoms with Crippen LogP contribution >= 0.6 is 0 Å². The molecule has 0 spiro atoms. The lowest BCUT2D eigenvalue weighted by molar-refractivity contribution is -0.126. The van der Waals surface area contributed by atoms with Gasteiger partial charge in [-0.25, -0.2) is 4.98 Å². The minimum absolute atomic E-state index is 0.0000378. The molecule has 23 heavy (non-hydrogen) atoms. The number of amides is 1. The van der Waals surface area contributed by atoms with E-state index in [0.717, 1.165) is 28.2 Å². The number of nitrogens with zero attached hydrogens (tertiary/aromatic N) is 1. The van der Waals surface area contributed by atoms with Crippen molar-refractivity contribution in [2.75, 3.05) is 6.61 Å². The number of ether oxygens (including phenoxy) is 1. The van der Waals surface area contributed by atoms with Crippen LogP contribution in [0.15, 0.2) is 48.5 Å². The molecule has 1 amide bonds. The van der Waals surface area contributed by atoms with E-state index < -0.39 is 0 Å². The first-order valence-corrected chi connectivity index (χ1v) is 7.71. The number of aromatic amines is 1. The summed E-state index contributed by atoms with van der Waals surface area (Å²) in [5.41, 5.74) is 2.97. The summed E-state index contributed by atoms with van der Waals surface area (Å²) in [7, 11) is 0. The molecule has 2 N–H and O–H groups in total. The summed E-state index contributed by atoms with van der Waals surface area (Å²) < 4.78 is 5.67. The lowest BCUT2D eigenvalue weighted by Crippen LogP contribution is -2.37. The van der Waals surface area contributed by atoms with Crippen LogP contribution in [0, 0.1) is 5.92 Å². The average molecular weight is 307 g/mol. The van der Waals surface area contributed by atoms with E-state index in [1.54, 1.807) is 0 Å². The Hall–Kier alpha value is -2.82. The number of benzene rings is 2. The Balaban J connectivity index is 1.40. The molecule has 4 rings (SSSR count). The van der Waals surface area contributed by atoms with Crippen LogP contribution in [0.1, 0.15) is 11.4 Å². The quantitative estimate of drug-likeness (QED) is 0.781. The summed E-state index contributed by atoms with van der Waals surface area (Å²) in [6.07, 6.45) is 0.710. The number of imidazole rings is 1. The van der Waals surface area contributed by atoms with E-state index in [9.17, 15) is 4.79 Å². The Bertz CT molecular complexity index is 823. The third kappa shape index (κ3) is 2.77. The predicted molar refractivity (Wildman–Crippen MR) is 87.1 cm³/mol. The Kier molecular flexibility index (Phi) is 3.46. The third-order valence-corrected chi connectivity index (χ3v) is 4.12. The Labute approximate surface area is 133 Å². The van der Waals surface area contributed by atoms with Crippen molar-refractivity contribution < 1.29 is 9.53 Å². The second kappa shape index (κ2) is 5.76. The van der Waals surface area contributed by atoms with Gasteiger partial charge < -0.3 is 15.0 Å². The van der Waals surface area contributed by atoms with Gasteiger partial charge >= 0.3 is 0 Å². The maximum atomic E-state index is 12.4. The van der Waals surface area contributed by atoms with Crippen molar-refractivity contribution in [2.45, 2.75) is 13.0 Å². The molecule has 1 aliphatic heterocycles. The second-order valence-corrected chi connectivity index (χ2v) is 5.74. The van der Waals surface area contributed by atoms with Gasteiger partial charge in [-0.1, -0.05) is 30.3 Å². The third-order valence-electron chi connectivity index (χ3n) is 4.12. The molecule has 5 heteroatoms. The van der Waals surface area contributed by atoms with Gasteiger partial charge in [0, 0.05) is 0 Å². The van der Waals surface area contributed by atoms with E-state index in [4.69, 9.17) is 4.74 Å². The van der Waals surface area contributed by atoms with E-state index in [0.29, 0.717) is 19.6 Å². The minimum atomic E-state index is -0.158. The zero-order valence-electron chi connectivity index (χ0n) is 12.6. The van der Waals surface area contributed by atoms with Crippen molar-refractivity contribution in [2.24, 2.45) is 5.92 Å². The van der Waals surface area contributed by atoms with Crippen molar-refractivity contribution >= 4 is 16.9 Å². The molecule has 0 bridgehead atoms. The molecule has 1 aromatic heterocycles. The van der Waals surface area contributed by atoms with E-state index in [1.165, 1.54) is 0 Å². The topological polar surface area (TPSA) is 67.0 Å². The summed E-state index contributed by atoms with van der Waals surface area (Å²) in [5.74, 6) is 1.49. The highest BCUT2D eigenvalue weighted by atomic mass is 16.5. The van der Waals surface area contributed by atoms with E-state index in [-0.39, 0.29) is 11.8 Å². The van der Waals surface area contributed by atoms with E-state index >= 15 is 0 Å². The number of hydrogen-bond donors (Lipinski definition) is 2. The number of carbonyl (C=O) groups is 1. The molecule has 0 aliphatic carbocycles. The number of rotatable bonds is 3. The molecule has 5 nitrogen and oxygen atoms in total. The first kappa shape index (κ1) is 13.8. The normalized spacial score (nSPS) is 16.6. The molecule has 2 heterocycles. The maximum absolute atomic E-state index is 12.4. The van der Waals surface area contributed by atoms with Gasteiger partial charge in [0.1, 0.15) is 18.2 Å². The number of hydrogen-bond acceptors (Lipinski definition) is 3. The summed E-state index contributed by atoms with van der Waals surface area (Å²) in [5, 5.41) is 2.95. The van der Waals surface area contributed by atoms with Crippen molar-refractivity contribution in [1.29, 1.82) is 0 Å². The number of carbonyl (C=O) groups excluding carboxylic acids is 1. The van der Waals surface area contributed by atoms with Crippen molar-refractivity contribution in [1.82, 2.24) is 15.3 Å². The average Bonchev–Trinajstić information content (AvgIpc) is 3.02. The van der Waals surface area contributed by atoms with Crippen LogP contribution in [-0.4, -0.2) is 22.5 Å². The predicted octanol–water partition coefficient (Wildman–Crippen LogP) is 2.43. The summed E-state index contributed by atoms with van der Waals surface area (Å²) in [6, 6.07) is 15.7. The Morgan fingerprint density at radius 2 is 2.04 bits per heavy atom. The maximum Gasteiger partial charge on any atom is 0.227 e. The van der Waals surface area contributed by atoms with Crippen LogP contribution in [0.5, 0.6) is 5.75 Å². The van der Waals surface area contributed by atoms with Crippen LogP contribution in [-0.2, 0) is 17.8 Å². The summed E-state index contributed by atoms with van der Waals surface area (Å²) in [4.78, 5) is 20.0. The zero-order chi connectivity index (χ0) is 15.6. The van der Waals surface area contributed by atoms with E-state index in [1.807, 2.05) is 48.5 Å². The number of fused-ring (bicyclic) bond motifs is 2. The number of H-pyrrole nitrogens is 1. The monoisotopic (exact) mass is 307 g/mol. The highest BCUT2D eigenvalue weighted by molar-refractivity contribution is 5.80. The van der Waals surface area contributed by atoms with Crippen molar-refractivity contribution in [3.8, 4) is 5.75 Å². The van der Waals surface area contributed by atoms with Crippen LogP contribution in [0.2, 0.25) is 0 Å². The molecule has 3 aromatic rings. The lowest BCUT2D eigenvalue weighted by atomic mass is 9.96. The Morgan fingerprint density at radius 3 is 2.96 bits per heavy atom. The molecule has 1 atom stereocenters. The molecule has 0 fully saturated rings. The van der Waals surface area contributed by atoms with Gasteiger partial charge in [0.15, 0.2) is 0 Å². The molecule has 1 unspecified atom stereocenters. The fraction of sp³-hybridized carbons (Fsp3) is 0.222. The molecule has 2 aromatic carbocycles. The van der Waals surface area contributed by atoms with Gasteiger partial charge in [0.2, 0.25) is 5.91 Å². The van der Waals surface area contributed by atoms with Crippen LogP contribution < -0.4 is 10.1 Å². The van der Waals surface area contributed by atoms with E-state index in [2.05, 4.69) is 15.3 Å². The number of aromatic nitrogens is 2. The highest BCUT2D eigenvalue weighted by Gasteiger charge is 2.25. The van der Waals surface area contributed by atoms with Gasteiger partial charge in [0.25, 0.3) is 0 Å². The van der Waals surface area contributed by atoms with Gasteiger partial charge in [0.05, 0.1) is 23.5 Å². The summed E-state index contributed by atoms with van der Waals surface area (Å²) >= 11 is 0. The first-order chi connectivity index (χ1) is 11.3. The highest BCUT2D eigenvalue weighted by Crippen LogP contribution is 2.26. The van der Waals surface area contributed by atoms with Gasteiger partial charge in [-0.3, -0.25) is 4.79 Å². The second-order valence-electron chi connectivity index (χ2n) is 5.74. The minimum Gasteiger partial charge on any atom is -0.492 e. The van der Waals surface area contributed by atoms with Gasteiger partial charge in [-0.05, 0) is 30.2 Å². The van der Waals surface area contributed by atoms with Crippen molar-refractivity contribution in [3.05, 3.63) is 59.9 Å². The molecule has 0 saturated heterocycles. The molecule has 0 radical (unpaired) electrons. The smallest absolute Gasteiger partial charge is 0.227 e. The van der Waals surface area contributed by atoms with Gasteiger partial charge in [-0.15, -0.1) is 0 Å². The fourth-order valence-corrected chi connectivity index (χ4v) is 2.90. The molecule has 116 valence electrons. The fourth-order valence-electron chi connectivity index (χ4n) is 2.90. The molecule has 0 saturated carbocycles. The molecular formula is C18H17N3O2. The number of nitrogens with one attached hydrogen (secondary N) is 2. The van der Waals surface area contributed by atoms with Gasteiger partial charge in [-0.2, -0.15) is 0 Å².